The number of rotatable bonds is 11. The van der Waals surface area contributed by atoms with Crippen molar-refractivity contribution in [3.05, 3.63) is 75.1 Å². The molecule has 0 saturated carbocycles. The highest BCUT2D eigenvalue weighted by molar-refractivity contribution is 5.89. The van der Waals surface area contributed by atoms with E-state index in [2.05, 4.69) is 20.9 Å². The molecule has 0 saturated heterocycles. The zero-order valence-corrected chi connectivity index (χ0v) is 30.5. The number of hydrogen-bond donors (Lipinski definition) is 4. The average molecular weight is 697 g/mol. The van der Waals surface area contributed by atoms with Crippen molar-refractivity contribution in [2.45, 2.75) is 77.4 Å². The van der Waals surface area contributed by atoms with Crippen molar-refractivity contribution < 1.29 is 28.5 Å². The summed E-state index contributed by atoms with van der Waals surface area (Å²) in [5.41, 5.74) is 6.30. The third kappa shape index (κ3) is 6.81. The molecule has 6 rings (SSSR count). The monoisotopic (exact) mass is 696 g/mol. The van der Waals surface area contributed by atoms with Gasteiger partial charge in [-0.3, -0.25) is 14.4 Å². The standard InChI is InChI=1S/C40H48N4O7/c1-8-21(2)36(40(47)44-32-11-9-10-26-27-19-24(48-4)13-16-30(27)42-37(26)32)43-31-17-14-25-28(20-33(31)46)29(41-22(3)45)15-12-23-18-34(49-5)38(50-6)39(51-7)35(23)25/h13-14,16-21,29,32,36,42H,8-12,15H2,1-7H3,(H,41,45)(H,43,46)(H,44,47)/t21-,29+,32+,36+/m1/s1. The smallest absolute Gasteiger partial charge is 0.243 e. The number of ether oxygens (including phenoxy) is 4. The minimum atomic E-state index is -0.683. The molecule has 3 aromatic carbocycles. The second-order valence-corrected chi connectivity index (χ2v) is 13.5. The Morgan fingerprint density at radius 1 is 0.902 bits per heavy atom. The molecular weight excluding hydrogens is 648 g/mol. The van der Waals surface area contributed by atoms with Gasteiger partial charge in [0.25, 0.3) is 0 Å². The summed E-state index contributed by atoms with van der Waals surface area (Å²) in [6.07, 6.45) is 4.51. The maximum atomic E-state index is 14.2. The number of nitrogens with one attached hydrogen (secondary N) is 4. The van der Waals surface area contributed by atoms with Crippen LogP contribution in [-0.4, -0.2) is 51.3 Å². The molecule has 0 spiro atoms. The molecule has 4 atom stereocenters. The van der Waals surface area contributed by atoms with E-state index in [0.29, 0.717) is 42.1 Å². The number of fused-ring (bicyclic) bond motifs is 6. The van der Waals surface area contributed by atoms with Gasteiger partial charge in [0.2, 0.25) is 23.0 Å². The minimum Gasteiger partial charge on any atom is -0.497 e. The minimum absolute atomic E-state index is 0.0903. The van der Waals surface area contributed by atoms with Gasteiger partial charge in [-0.25, -0.2) is 0 Å². The normalized spacial score (nSPS) is 17.5. The molecule has 270 valence electrons. The molecule has 2 aliphatic carbocycles. The zero-order chi connectivity index (χ0) is 36.4. The number of aryl methyl sites for hydroxylation is 2. The highest BCUT2D eigenvalue weighted by atomic mass is 16.5. The van der Waals surface area contributed by atoms with Crippen LogP contribution in [0.2, 0.25) is 0 Å². The maximum absolute atomic E-state index is 14.2. The van der Waals surface area contributed by atoms with Crippen LogP contribution in [0.5, 0.6) is 23.0 Å². The predicted molar refractivity (Wildman–Crippen MR) is 198 cm³/mol. The van der Waals surface area contributed by atoms with Crippen LogP contribution in [0, 0.1) is 5.92 Å². The summed E-state index contributed by atoms with van der Waals surface area (Å²) < 4.78 is 22.8. The van der Waals surface area contributed by atoms with Gasteiger partial charge in [0.15, 0.2) is 11.5 Å². The van der Waals surface area contributed by atoms with Gasteiger partial charge in [-0.1, -0.05) is 26.3 Å². The summed E-state index contributed by atoms with van der Waals surface area (Å²) in [4.78, 5) is 44.2. The van der Waals surface area contributed by atoms with Crippen LogP contribution < -0.4 is 40.3 Å². The molecule has 4 N–H and O–H groups in total. The van der Waals surface area contributed by atoms with Gasteiger partial charge in [-0.15, -0.1) is 0 Å². The summed E-state index contributed by atoms with van der Waals surface area (Å²) in [5, 5.41) is 10.8. The number of aromatic amines is 1. The molecule has 0 aliphatic heterocycles. The SMILES string of the molecule is CC[C@@H](C)[C@H](Nc1ccc2c(cc1=O)[C@@H](NC(C)=O)CCc1cc(OC)c(OC)c(OC)c1-2)C(=O)N[C@H]1CCCc2c1[nH]c1ccc(OC)cc21. The number of benzene rings is 2. The van der Waals surface area contributed by atoms with Crippen LogP contribution in [0.1, 0.15) is 80.9 Å². The van der Waals surface area contributed by atoms with Gasteiger partial charge in [-0.2, -0.15) is 0 Å². The van der Waals surface area contributed by atoms with Crippen LogP contribution in [0.3, 0.4) is 0 Å². The number of carbonyl (C=O) groups is 2. The van der Waals surface area contributed by atoms with Gasteiger partial charge in [0, 0.05) is 29.1 Å². The van der Waals surface area contributed by atoms with Crippen molar-refractivity contribution in [2.75, 3.05) is 33.8 Å². The van der Waals surface area contributed by atoms with E-state index in [4.69, 9.17) is 18.9 Å². The molecule has 2 amide bonds. The first-order valence-electron chi connectivity index (χ1n) is 17.6. The van der Waals surface area contributed by atoms with Gasteiger partial charge >= 0.3 is 0 Å². The van der Waals surface area contributed by atoms with Crippen LogP contribution in [0.25, 0.3) is 22.0 Å². The molecule has 11 nitrogen and oxygen atoms in total. The Balaban J connectivity index is 1.39. The highest BCUT2D eigenvalue weighted by Gasteiger charge is 2.32. The lowest BCUT2D eigenvalue weighted by Gasteiger charge is -2.29. The lowest BCUT2D eigenvalue weighted by Crippen LogP contribution is -2.46. The highest BCUT2D eigenvalue weighted by Crippen LogP contribution is 2.50. The Bertz CT molecular complexity index is 2020. The fourth-order valence-electron chi connectivity index (χ4n) is 7.67. The van der Waals surface area contributed by atoms with E-state index in [0.717, 1.165) is 58.3 Å². The van der Waals surface area contributed by atoms with Crippen LogP contribution in [0.4, 0.5) is 5.69 Å². The number of carbonyl (C=O) groups excluding carboxylic acids is 2. The number of H-pyrrole nitrogens is 1. The van der Waals surface area contributed by atoms with Crippen molar-refractivity contribution >= 4 is 28.4 Å². The first kappa shape index (κ1) is 35.6. The fraction of sp³-hybridized carbons (Fsp3) is 0.425. The lowest BCUT2D eigenvalue weighted by atomic mass is 9.90. The molecule has 0 bridgehead atoms. The van der Waals surface area contributed by atoms with Crippen molar-refractivity contribution in [2.24, 2.45) is 5.92 Å². The summed E-state index contributed by atoms with van der Waals surface area (Å²) in [6, 6.07) is 11.8. The van der Waals surface area contributed by atoms with E-state index in [1.54, 1.807) is 40.6 Å². The molecule has 0 unspecified atom stereocenters. The molecule has 0 radical (unpaired) electrons. The van der Waals surface area contributed by atoms with E-state index in [1.165, 1.54) is 12.5 Å². The van der Waals surface area contributed by atoms with Crippen LogP contribution >= 0.6 is 0 Å². The summed E-state index contributed by atoms with van der Waals surface area (Å²) in [7, 11) is 6.36. The fourth-order valence-corrected chi connectivity index (χ4v) is 7.67. The molecule has 51 heavy (non-hydrogen) atoms. The second-order valence-electron chi connectivity index (χ2n) is 13.5. The third-order valence-corrected chi connectivity index (χ3v) is 10.5. The molecule has 4 aromatic rings. The van der Waals surface area contributed by atoms with Gasteiger partial charge in [0.1, 0.15) is 11.8 Å². The average Bonchev–Trinajstić information content (AvgIpc) is 3.35. The topological polar surface area (TPSA) is 140 Å². The second kappa shape index (κ2) is 15.0. The first-order chi connectivity index (χ1) is 24.6. The van der Waals surface area contributed by atoms with Gasteiger partial charge < -0.3 is 39.9 Å². The summed E-state index contributed by atoms with van der Waals surface area (Å²) in [6.45, 7) is 5.51. The van der Waals surface area contributed by atoms with Gasteiger partial charge in [-0.05, 0) is 96.7 Å². The molecule has 11 heteroatoms. The Morgan fingerprint density at radius 3 is 2.37 bits per heavy atom. The van der Waals surface area contributed by atoms with Crippen molar-refractivity contribution in [1.29, 1.82) is 0 Å². The van der Waals surface area contributed by atoms with Crippen LogP contribution in [0.15, 0.2) is 47.3 Å². The Hall–Kier alpha value is -5.19. The maximum Gasteiger partial charge on any atom is 0.243 e. The molecule has 1 aromatic heterocycles. The van der Waals surface area contributed by atoms with E-state index >= 15 is 0 Å². The number of methoxy groups -OCH3 is 4. The quantitative estimate of drug-likeness (QED) is 0.142. The Morgan fingerprint density at radius 2 is 1.69 bits per heavy atom. The van der Waals surface area contributed by atoms with Crippen LogP contribution in [-0.2, 0) is 22.4 Å². The first-order valence-corrected chi connectivity index (χ1v) is 17.6. The Kier molecular flexibility index (Phi) is 10.5. The Labute approximate surface area is 298 Å². The molecular formula is C40H48N4O7. The predicted octanol–water partition coefficient (Wildman–Crippen LogP) is 6.37. The van der Waals surface area contributed by atoms with E-state index in [1.807, 2.05) is 44.2 Å². The number of hydrogen-bond acceptors (Lipinski definition) is 8. The summed E-state index contributed by atoms with van der Waals surface area (Å²) >= 11 is 0. The number of amides is 2. The van der Waals surface area contributed by atoms with E-state index < -0.39 is 12.1 Å². The van der Waals surface area contributed by atoms with Crippen molar-refractivity contribution in [1.82, 2.24) is 15.6 Å². The molecule has 1 heterocycles. The van der Waals surface area contributed by atoms with E-state index in [-0.39, 0.29) is 34.9 Å². The number of aromatic nitrogens is 1. The molecule has 2 aliphatic rings. The molecule has 0 fully saturated rings. The van der Waals surface area contributed by atoms with Gasteiger partial charge in [0.05, 0.1) is 46.2 Å². The number of anilines is 1. The van der Waals surface area contributed by atoms with Crippen molar-refractivity contribution in [3.63, 3.8) is 0 Å². The largest absolute Gasteiger partial charge is 0.497 e. The zero-order valence-electron chi connectivity index (χ0n) is 30.5. The lowest BCUT2D eigenvalue weighted by molar-refractivity contribution is -0.123. The third-order valence-electron chi connectivity index (χ3n) is 10.5. The van der Waals surface area contributed by atoms with E-state index in [9.17, 15) is 14.4 Å². The summed E-state index contributed by atoms with van der Waals surface area (Å²) in [5.74, 6) is 1.76. The van der Waals surface area contributed by atoms with Crippen molar-refractivity contribution in [3.8, 4) is 34.1 Å².